The Kier molecular flexibility index (Phi) is 5.68. The summed E-state index contributed by atoms with van der Waals surface area (Å²) in [7, 11) is 1.91. The molecule has 1 aromatic rings. The number of likely N-dealkylation sites (tertiary alicyclic amines) is 1. The molecule has 1 atom stereocenters. The van der Waals surface area contributed by atoms with Crippen LogP contribution in [0, 0.1) is 5.82 Å². The number of hydrogen-bond acceptors (Lipinski definition) is 3. The monoisotopic (exact) mass is 335 g/mol. The summed E-state index contributed by atoms with van der Waals surface area (Å²) in [6.45, 7) is 5.29. The molecule has 0 bridgehead atoms. The molecule has 0 spiro atoms. The van der Waals surface area contributed by atoms with Crippen LogP contribution in [0.15, 0.2) is 24.3 Å². The van der Waals surface area contributed by atoms with Gasteiger partial charge < -0.3 is 14.5 Å². The summed E-state index contributed by atoms with van der Waals surface area (Å²) in [4.78, 5) is 18.8. The number of ether oxygens (including phenoxy) is 1. The SMILES string of the molecule is CN(C(=O)N1CCOCC1)C1CCCN(Cc2ccc(F)cc2)C1. The standard InChI is InChI=1S/C18H26FN3O2/c1-20(18(23)22-9-11-24-12-10-22)17-3-2-8-21(14-17)13-15-4-6-16(19)7-5-15/h4-7,17H,2-3,8-14H2,1H3. The van der Waals surface area contributed by atoms with Crippen LogP contribution >= 0.6 is 0 Å². The van der Waals surface area contributed by atoms with Gasteiger partial charge in [-0.15, -0.1) is 0 Å². The maximum Gasteiger partial charge on any atom is 0.320 e. The molecule has 2 saturated heterocycles. The fourth-order valence-corrected chi connectivity index (χ4v) is 3.47. The number of halogens is 1. The summed E-state index contributed by atoms with van der Waals surface area (Å²) in [6.07, 6.45) is 2.11. The minimum Gasteiger partial charge on any atom is -0.378 e. The molecule has 2 aliphatic heterocycles. The molecule has 2 heterocycles. The zero-order valence-electron chi connectivity index (χ0n) is 14.3. The molecule has 0 N–H and O–H groups in total. The van der Waals surface area contributed by atoms with Crippen LogP contribution in [0.3, 0.4) is 0 Å². The molecule has 5 nitrogen and oxygen atoms in total. The van der Waals surface area contributed by atoms with Crippen molar-refractivity contribution in [2.24, 2.45) is 0 Å². The number of hydrogen-bond donors (Lipinski definition) is 0. The number of carbonyl (C=O) groups is 1. The molecule has 2 fully saturated rings. The van der Waals surface area contributed by atoms with E-state index >= 15 is 0 Å². The Morgan fingerprint density at radius 1 is 1.25 bits per heavy atom. The molecule has 0 aromatic heterocycles. The van der Waals surface area contributed by atoms with Gasteiger partial charge in [-0.1, -0.05) is 12.1 Å². The molecule has 0 aliphatic carbocycles. The molecule has 132 valence electrons. The number of carbonyl (C=O) groups excluding carboxylic acids is 1. The van der Waals surface area contributed by atoms with Crippen molar-refractivity contribution in [3.8, 4) is 0 Å². The van der Waals surface area contributed by atoms with Crippen LogP contribution < -0.4 is 0 Å². The minimum atomic E-state index is -0.203. The van der Waals surface area contributed by atoms with Gasteiger partial charge in [0, 0.05) is 39.3 Å². The smallest absolute Gasteiger partial charge is 0.320 e. The summed E-state index contributed by atoms with van der Waals surface area (Å²) < 4.78 is 18.3. The topological polar surface area (TPSA) is 36.0 Å². The fourth-order valence-electron chi connectivity index (χ4n) is 3.47. The van der Waals surface area contributed by atoms with E-state index in [0.29, 0.717) is 26.3 Å². The van der Waals surface area contributed by atoms with Crippen LogP contribution in [0.5, 0.6) is 0 Å². The van der Waals surface area contributed by atoms with Gasteiger partial charge in [-0.25, -0.2) is 9.18 Å². The highest BCUT2D eigenvalue weighted by Crippen LogP contribution is 2.19. The molecule has 2 amide bonds. The van der Waals surface area contributed by atoms with Gasteiger partial charge in [-0.3, -0.25) is 4.90 Å². The first-order valence-corrected chi connectivity index (χ1v) is 8.70. The molecule has 1 aromatic carbocycles. The Hall–Kier alpha value is -1.66. The summed E-state index contributed by atoms with van der Waals surface area (Å²) in [5.41, 5.74) is 1.11. The van der Waals surface area contributed by atoms with Crippen molar-refractivity contribution in [3.63, 3.8) is 0 Å². The Morgan fingerprint density at radius 2 is 1.96 bits per heavy atom. The lowest BCUT2D eigenvalue weighted by Gasteiger charge is -2.40. The van der Waals surface area contributed by atoms with Crippen molar-refractivity contribution in [2.45, 2.75) is 25.4 Å². The van der Waals surface area contributed by atoms with Crippen molar-refractivity contribution in [3.05, 3.63) is 35.6 Å². The average molecular weight is 335 g/mol. The van der Waals surface area contributed by atoms with Crippen LogP contribution in [-0.4, -0.2) is 73.2 Å². The lowest BCUT2D eigenvalue weighted by atomic mass is 10.0. The van der Waals surface area contributed by atoms with Gasteiger partial charge in [0.2, 0.25) is 0 Å². The first-order valence-electron chi connectivity index (χ1n) is 8.70. The van der Waals surface area contributed by atoms with Crippen molar-refractivity contribution in [2.75, 3.05) is 46.4 Å². The van der Waals surface area contributed by atoms with Crippen LogP contribution in [0.4, 0.5) is 9.18 Å². The van der Waals surface area contributed by atoms with Gasteiger partial charge in [0.05, 0.1) is 13.2 Å². The van der Waals surface area contributed by atoms with Crippen molar-refractivity contribution in [1.82, 2.24) is 14.7 Å². The van der Waals surface area contributed by atoms with Crippen LogP contribution in [0.2, 0.25) is 0 Å². The van der Waals surface area contributed by atoms with E-state index in [0.717, 1.165) is 38.0 Å². The zero-order valence-corrected chi connectivity index (χ0v) is 14.3. The Labute approximate surface area is 143 Å². The normalized spacial score (nSPS) is 22.4. The number of likely N-dealkylation sites (N-methyl/N-ethyl adjacent to an activating group) is 1. The summed E-state index contributed by atoms with van der Waals surface area (Å²) in [5.74, 6) is -0.203. The van der Waals surface area contributed by atoms with Gasteiger partial charge in [-0.05, 0) is 37.1 Å². The number of benzene rings is 1. The lowest BCUT2D eigenvalue weighted by Crippen LogP contribution is -2.54. The quantitative estimate of drug-likeness (QED) is 0.849. The summed E-state index contributed by atoms with van der Waals surface area (Å²) in [5, 5.41) is 0. The molecular weight excluding hydrogens is 309 g/mol. The van der Waals surface area contributed by atoms with Gasteiger partial charge in [-0.2, -0.15) is 0 Å². The van der Waals surface area contributed by atoms with E-state index in [2.05, 4.69) is 4.90 Å². The van der Waals surface area contributed by atoms with Gasteiger partial charge in [0.15, 0.2) is 0 Å². The van der Waals surface area contributed by atoms with E-state index in [-0.39, 0.29) is 17.9 Å². The van der Waals surface area contributed by atoms with Gasteiger partial charge >= 0.3 is 6.03 Å². The zero-order chi connectivity index (χ0) is 16.9. The van der Waals surface area contributed by atoms with Crippen LogP contribution in [-0.2, 0) is 11.3 Å². The average Bonchev–Trinajstić information content (AvgIpc) is 2.63. The molecule has 0 saturated carbocycles. The molecule has 3 rings (SSSR count). The first-order chi connectivity index (χ1) is 11.6. The number of rotatable bonds is 3. The summed E-state index contributed by atoms with van der Waals surface area (Å²) in [6, 6.07) is 7.01. The third kappa shape index (κ3) is 4.24. The van der Waals surface area contributed by atoms with E-state index in [9.17, 15) is 9.18 Å². The van der Waals surface area contributed by atoms with E-state index in [1.165, 1.54) is 12.1 Å². The van der Waals surface area contributed by atoms with Gasteiger partial charge in [0.1, 0.15) is 5.82 Å². The van der Waals surface area contributed by atoms with Crippen molar-refractivity contribution < 1.29 is 13.9 Å². The van der Waals surface area contributed by atoms with E-state index in [1.807, 2.05) is 29.0 Å². The molecule has 2 aliphatic rings. The molecule has 24 heavy (non-hydrogen) atoms. The largest absolute Gasteiger partial charge is 0.378 e. The maximum absolute atomic E-state index is 13.0. The Balaban J connectivity index is 1.56. The number of piperidine rings is 1. The Morgan fingerprint density at radius 3 is 2.67 bits per heavy atom. The van der Waals surface area contributed by atoms with Crippen LogP contribution in [0.1, 0.15) is 18.4 Å². The second-order valence-electron chi connectivity index (χ2n) is 6.65. The first kappa shape index (κ1) is 17.2. The highest BCUT2D eigenvalue weighted by molar-refractivity contribution is 5.74. The molecular formula is C18H26FN3O2. The molecule has 0 radical (unpaired) electrons. The maximum atomic E-state index is 13.0. The highest BCUT2D eigenvalue weighted by Gasteiger charge is 2.29. The minimum absolute atomic E-state index is 0.104. The fraction of sp³-hybridized carbons (Fsp3) is 0.611. The van der Waals surface area contributed by atoms with Crippen molar-refractivity contribution in [1.29, 1.82) is 0 Å². The number of amides is 2. The lowest BCUT2D eigenvalue weighted by molar-refractivity contribution is 0.0365. The van der Waals surface area contributed by atoms with Crippen LogP contribution in [0.25, 0.3) is 0 Å². The molecule has 1 unspecified atom stereocenters. The number of morpholine rings is 1. The van der Waals surface area contributed by atoms with Crippen molar-refractivity contribution >= 4 is 6.03 Å². The van der Waals surface area contributed by atoms with E-state index in [1.54, 1.807) is 0 Å². The van der Waals surface area contributed by atoms with E-state index < -0.39 is 0 Å². The summed E-state index contributed by atoms with van der Waals surface area (Å²) >= 11 is 0. The number of urea groups is 1. The third-order valence-corrected chi connectivity index (χ3v) is 4.93. The molecule has 6 heteroatoms. The predicted molar refractivity (Wildman–Crippen MR) is 90.3 cm³/mol. The Bertz CT molecular complexity index is 546. The third-order valence-electron chi connectivity index (χ3n) is 4.93. The van der Waals surface area contributed by atoms with E-state index in [4.69, 9.17) is 4.74 Å². The van der Waals surface area contributed by atoms with Gasteiger partial charge in [0.25, 0.3) is 0 Å². The second kappa shape index (κ2) is 7.94. The second-order valence-corrected chi connectivity index (χ2v) is 6.65. The number of nitrogens with zero attached hydrogens (tertiary/aromatic N) is 3. The highest BCUT2D eigenvalue weighted by atomic mass is 19.1. The predicted octanol–water partition coefficient (Wildman–Crippen LogP) is 2.17.